The zero-order chi connectivity index (χ0) is 11.6. The first-order valence-electron chi connectivity index (χ1n) is 3.87. The van der Waals surface area contributed by atoms with Gasteiger partial charge in [0.2, 0.25) is 5.91 Å². The molecule has 0 aromatic carbocycles. The van der Waals surface area contributed by atoms with Crippen LogP contribution < -0.4 is 11.1 Å². The fourth-order valence-electron chi connectivity index (χ4n) is 0.729. The summed E-state index contributed by atoms with van der Waals surface area (Å²) in [5.74, 6) is -3.75. The molecule has 0 aliphatic rings. The Morgan fingerprint density at radius 1 is 1.50 bits per heavy atom. The van der Waals surface area contributed by atoms with E-state index in [4.69, 9.17) is 5.11 Å². The van der Waals surface area contributed by atoms with Crippen LogP contribution in [0, 0.1) is 5.92 Å². The molecule has 1 unspecified atom stereocenters. The summed E-state index contributed by atoms with van der Waals surface area (Å²) in [6.45, 7) is 1.80. The molecule has 0 aromatic rings. The Bertz CT molecular complexity index is 210. The van der Waals surface area contributed by atoms with E-state index in [9.17, 15) is 18.0 Å². The monoisotopic (exact) mass is 214 g/mol. The zero-order valence-electron chi connectivity index (χ0n) is 7.85. The van der Waals surface area contributed by atoms with Gasteiger partial charge in [-0.3, -0.25) is 10.1 Å². The van der Waals surface area contributed by atoms with E-state index in [-0.39, 0.29) is 0 Å². The molecule has 0 aliphatic heterocycles. The summed E-state index contributed by atoms with van der Waals surface area (Å²) in [5, 5.41) is 11.2. The topological polar surface area (TPSA) is 75.3 Å². The van der Waals surface area contributed by atoms with Crippen molar-refractivity contribution in [2.45, 2.75) is 25.7 Å². The van der Waals surface area contributed by atoms with Gasteiger partial charge in [0.05, 0.1) is 0 Å². The standard InChI is InChI=1S/C7H13F3N2O2/c1-6(2,14)12-3-4(5(11)13)7(8,9)10/h4,12,14H,3H2,1-2H3,(H2,11,13). The van der Waals surface area contributed by atoms with Crippen LogP contribution in [0.25, 0.3) is 0 Å². The number of primary amides is 1. The van der Waals surface area contributed by atoms with Gasteiger partial charge in [-0.05, 0) is 13.8 Å². The first-order valence-corrected chi connectivity index (χ1v) is 3.87. The number of amides is 1. The Morgan fingerprint density at radius 3 is 2.14 bits per heavy atom. The second-order valence-corrected chi connectivity index (χ2v) is 3.44. The molecule has 0 aliphatic carbocycles. The van der Waals surface area contributed by atoms with Crippen molar-refractivity contribution in [2.75, 3.05) is 6.54 Å². The van der Waals surface area contributed by atoms with Gasteiger partial charge in [0.1, 0.15) is 11.6 Å². The first-order chi connectivity index (χ1) is 6.04. The summed E-state index contributed by atoms with van der Waals surface area (Å²) < 4.78 is 36.4. The summed E-state index contributed by atoms with van der Waals surface area (Å²) in [4.78, 5) is 10.4. The maximum absolute atomic E-state index is 12.1. The van der Waals surface area contributed by atoms with Crippen LogP contribution in [0.5, 0.6) is 0 Å². The lowest BCUT2D eigenvalue weighted by molar-refractivity contribution is -0.181. The number of rotatable bonds is 4. The molecule has 0 rings (SSSR count). The van der Waals surface area contributed by atoms with Crippen molar-refractivity contribution < 1.29 is 23.1 Å². The molecular formula is C7H13F3N2O2. The van der Waals surface area contributed by atoms with Gasteiger partial charge < -0.3 is 10.8 Å². The molecule has 0 fully saturated rings. The zero-order valence-corrected chi connectivity index (χ0v) is 7.85. The number of carbonyl (C=O) groups excluding carboxylic acids is 1. The number of carbonyl (C=O) groups is 1. The SMILES string of the molecule is CC(C)(O)NCC(C(N)=O)C(F)(F)F. The van der Waals surface area contributed by atoms with E-state index in [0.29, 0.717) is 0 Å². The van der Waals surface area contributed by atoms with Crippen molar-refractivity contribution >= 4 is 5.91 Å². The Hall–Kier alpha value is -0.820. The van der Waals surface area contributed by atoms with Gasteiger partial charge in [-0.25, -0.2) is 0 Å². The van der Waals surface area contributed by atoms with Crippen LogP contribution in [0.1, 0.15) is 13.8 Å². The number of hydrogen-bond donors (Lipinski definition) is 3. The van der Waals surface area contributed by atoms with E-state index in [0.717, 1.165) is 0 Å². The molecule has 1 atom stereocenters. The molecule has 14 heavy (non-hydrogen) atoms. The second kappa shape index (κ2) is 4.14. The smallest absolute Gasteiger partial charge is 0.376 e. The molecule has 84 valence electrons. The summed E-state index contributed by atoms with van der Waals surface area (Å²) in [6, 6.07) is 0. The van der Waals surface area contributed by atoms with Gasteiger partial charge in [-0.2, -0.15) is 13.2 Å². The molecule has 0 spiro atoms. The van der Waals surface area contributed by atoms with Crippen molar-refractivity contribution in [3.05, 3.63) is 0 Å². The molecule has 4 nitrogen and oxygen atoms in total. The van der Waals surface area contributed by atoms with Gasteiger partial charge in [0.25, 0.3) is 0 Å². The molecular weight excluding hydrogens is 201 g/mol. The summed E-state index contributed by atoms with van der Waals surface area (Å²) >= 11 is 0. The molecule has 0 heterocycles. The Balaban J connectivity index is 4.35. The number of nitrogens with one attached hydrogen (secondary N) is 1. The maximum atomic E-state index is 12.1. The first kappa shape index (κ1) is 13.2. The minimum atomic E-state index is -4.69. The van der Waals surface area contributed by atoms with E-state index in [1.54, 1.807) is 0 Å². The van der Waals surface area contributed by atoms with Crippen molar-refractivity contribution in [2.24, 2.45) is 11.7 Å². The van der Waals surface area contributed by atoms with Crippen molar-refractivity contribution in [1.29, 1.82) is 0 Å². The third-order valence-corrected chi connectivity index (χ3v) is 1.48. The van der Waals surface area contributed by atoms with Crippen molar-refractivity contribution in [1.82, 2.24) is 5.32 Å². The van der Waals surface area contributed by atoms with E-state index >= 15 is 0 Å². The number of nitrogens with two attached hydrogens (primary N) is 1. The Labute approximate surface area is 79.3 Å². The quantitative estimate of drug-likeness (QED) is 0.575. The highest BCUT2D eigenvalue weighted by Crippen LogP contribution is 2.25. The lowest BCUT2D eigenvalue weighted by Crippen LogP contribution is -2.48. The van der Waals surface area contributed by atoms with Crippen LogP contribution in [0.3, 0.4) is 0 Å². The van der Waals surface area contributed by atoms with Crippen LogP contribution in [-0.2, 0) is 4.79 Å². The molecule has 1 amide bonds. The van der Waals surface area contributed by atoms with Gasteiger partial charge in [0.15, 0.2) is 0 Å². The van der Waals surface area contributed by atoms with Gasteiger partial charge in [-0.1, -0.05) is 0 Å². The molecule has 0 radical (unpaired) electrons. The maximum Gasteiger partial charge on any atom is 0.401 e. The summed E-state index contributed by atoms with van der Waals surface area (Å²) in [6.07, 6.45) is -4.69. The Kier molecular flexibility index (Phi) is 3.90. The van der Waals surface area contributed by atoms with Gasteiger partial charge in [-0.15, -0.1) is 0 Å². The second-order valence-electron chi connectivity index (χ2n) is 3.44. The predicted molar refractivity (Wildman–Crippen MR) is 43.0 cm³/mol. The molecule has 7 heteroatoms. The normalized spacial score (nSPS) is 15.3. The van der Waals surface area contributed by atoms with Gasteiger partial charge >= 0.3 is 6.18 Å². The van der Waals surface area contributed by atoms with E-state index in [2.05, 4.69) is 11.1 Å². The molecule has 0 saturated heterocycles. The van der Waals surface area contributed by atoms with Crippen molar-refractivity contribution in [3.8, 4) is 0 Å². The Morgan fingerprint density at radius 2 is 1.93 bits per heavy atom. The van der Waals surface area contributed by atoms with Crippen molar-refractivity contribution in [3.63, 3.8) is 0 Å². The number of halogens is 3. The van der Waals surface area contributed by atoms with Crippen LogP contribution in [0.4, 0.5) is 13.2 Å². The minimum absolute atomic E-state index is 0.734. The highest BCUT2D eigenvalue weighted by molar-refractivity contribution is 5.77. The molecule has 0 bridgehead atoms. The van der Waals surface area contributed by atoms with Gasteiger partial charge in [0, 0.05) is 6.54 Å². The van der Waals surface area contributed by atoms with Crippen LogP contribution in [-0.4, -0.2) is 29.5 Å². The molecule has 4 N–H and O–H groups in total. The number of aliphatic hydroxyl groups is 1. The van der Waals surface area contributed by atoms with Crippen LogP contribution >= 0.6 is 0 Å². The average Bonchev–Trinajstić information content (AvgIpc) is 1.79. The third kappa shape index (κ3) is 5.03. The van der Waals surface area contributed by atoms with Crippen LogP contribution in [0.2, 0.25) is 0 Å². The summed E-state index contributed by atoms with van der Waals surface area (Å²) in [7, 11) is 0. The number of hydrogen-bond acceptors (Lipinski definition) is 3. The molecule has 0 aromatic heterocycles. The fraction of sp³-hybridized carbons (Fsp3) is 0.857. The summed E-state index contributed by atoms with van der Waals surface area (Å²) in [5.41, 5.74) is 3.10. The highest BCUT2D eigenvalue weighted by Gasteiger charge is 2.43. The van der Waals surface area contributed by atoms with E-state index in [1.165, 1.54) is 13.8 Å². The highest BCUT2D eigenvalue weighted by atomic mass is 19.4. The average molecular weight is 214 g/mol. The third-order valence-electron chi connectivity index (χ3n) is 1.48. The fourth-order valence-corrected chi connectivity index (χ4v) is 0.729. The minimum Gasteiger partial charge on any atom is -0.376 e. The largest absolute Gasteiger partial charge is 0.401 e. The predicted octanol–water partition coefficient (Wildman–Crippen LogP) is -0.0318. The van der Waals surface area contributed by atoms with E-state index in [1.807, 2.05) is 0 Å². The lowest BCUT2D eigenvalue weighted by atomic mass is 10.1. The number of alkyl halides is 3. The van der Waals surface area contributed by atoms with Crippen LogP contribution in [0.15, 0.2) is 0 Å². The lowest BCUT2D eigenvalue weighted by Gasteiger charge is -2.23. The molecule has 0 saturated carbocycles. The van der Waals surface area contributed by atoms with E-state index < -0.39 is 30.3 Å².